The molecule has 1 saturated heterocycles. The van der Waals surface area contributed by atoms with Crippen LogP contribution in [0.1, 0.15) is 11.6 Å². The van der Waals surface area contributed by atoms with Crippen LogP contribution in [0.5, 0.6) is 0 Å². The van der Waals surface area contributed by atoms with Gasteiger partial charge in [0.2, 0.25) is 0 Å². The van der Waals surface area contributed by atoms with Gasteiger partial charge in [-0.1, -0.05) is 18.2 Å². The van der Waals surface area contributed by atoms with E-state index < -0.39 is 11.9 Å². The van der Waals surface area contributed by atoms with Gasteiger partial charge in [-0.25, -0.2) is 9.18 Å². The lowest BCUT2D eigenvalue weighted by Crippen LogP contribution is -2.45. The van der Waals surface area contributed by atoms with Crippen molar-refractivity contribution in [3.8, 4) is 0 Å². The average Bonchev–Trinajstić information content (AvgIpc) is 3.01. The highest BCUT2D eigenvalue weighted by molar-refractivity contribution is 6.01. The Morgan fingerprint density at radius 2 is 1.93 bits per heavy atom. The van der Waals surface area contributed by atoms with Gasteiger partial charge in [0.25, 0.3) is 5.91 Å². The number of hydrogen-bond acceptors (Lipinski definition) is 4. The fraction of sp³-hybridized carbons (Fsp3) is 0.474. The van der Waals surface area contributed by atoms with Crippen molar-refractivity contribution in [2.75, 3.05) is 53.0 Å². The summed E-state index contributed by atoms with van der Waals surface area (Å²) >= 11 is 0. The van der Waals surface area contributed by atoms with Crippen molar-refractivity contribution in [1.29, 1.82) is 0 Å². The molecule has 1 aromatic carbocycles. The number of nitrogens with one attached hydrogen (secondary N) is 1. The number of hydrogen-bond donors (Lipinski definition) is 1. The minimum Gasteiger partial charge on any atom is -0.379 e. The zero-order valence-electron chi connectivity index (χ0n) is 15.3. The first-order valence-electron chi connectivity index (χ1n) is 9.17. The molecular weight excluding hydrogens is 351 g/mol. The van der Waals surface area contributed by atoms with Gasteiger partial charge in [-0.05, 0) is 6.07 Å². The molecule has 1 unspecified atom stereocenters. The van der Waals surface area contributed by atoms with Crippen molar-refractivity contribution in [3.63, 3.8) is 0 Å². The van der Waals surface area contributed by atoms with Crippen LogP contribution in [0, 0.1) is 5.82 Å². The molecule has 3 amide bonds. The van der Waals surface area contributed by atoms with Gasteiger partial charge in [0.1, 0.15) is 5.82 Å². The van der Waals surface area contributed by atoms with Gasteiger partial charge < -0.3 is 15.0 Å². The second-order valence-corrected chi connectivity index (χ2v) is 7.00. The molecular formula is C19H23FN4O3. The minimum atomic E-state index is -0.759. The highest BCUT2D eigenvalue weighted by Gasteiger charge is 2.43. The molecule has 1 N–H and O–H groups in total. The Bertz CT molecular complexity index is 791. The number of ether oxygens (including phenoxy) is 1. The number of rotatable bonds is 4. The molecule has 3 aliphatic rings. The molecule has 3 aliphatic heterocycles. The molecule has 0 radical (unpaired) electrons. The summed E-state index contributed by atoms with van der Waals surface area (Å²) in [6, 6.07) is 5.17. The normalized spacial score (nSPS) is 23.7. The van der Waals surface area contributed by atoms with Gasteiger partial charge in [0, 0.05) is 38.8 Å². The molecule has 27 heavy (non-hydrogen) atoms. The maximum Gasteiger partial charge on any atom is 0.322 e. The zero-order valence-corrected chi connectivity index (χ0v) is 15.3. The largest absolute Gasteiger partial charge is 0.379 e. The van der Waals surface area contributed by atoms with E-state index in [-0.39, 0.29) is 11.9 Å². The first kappa shape index (κ1) is 17.9. The molecule has 1 atom stereocenters. The maximum absolute atomic E-state index is 14.3. The number of carbonyl (C=O) groups excluding carboxylic acids is 2. The quantitative estimate of drug-likeness (QED) is 0.852. The number of carbonyl (C=O) groups is 2. The molecule has 0 aliphatic carbocycles. The van der Waals surface area contributed by atoms with E-state index in [0.29, 0.717) is 43.1 Å². The van der Waals surface area contributed by atoms with E-state index in [1.54, 1.807) is 30.1 Å². The predicted octanol–water partition coefficient (Wildman–Crippen LogP) is 0.950. The standard InChI is InChI=1S/C19H23FN4O3/c1-22-15-12-24(7-6-23-8-10-27-11-9-23)18(25)16(15)17(21-19(22)26)13-4-2-3-5-14(13)20/h2-5,17H,6-12H2,1H3,(H,21,26). The highest BCUT2D eigenvalue weighted by Crippen LogP contribution is 2.36. The highest BCUT2D eigenvalue weighted by atomic mass is 19.1. The third kappa shape index (κ3) is 3.30. The average molecular weight is 374 g/mol. The van der Waals surface area contributed by atoms with Crippen LogP contribution in [-0.2, 0) is 9.53 Å². The Kier molecular flexibility index (Phi) is 4.84. The summed E-state index contributed by atoms with van der Waals surface area (Å²) in [5.41, 5.74) is 1.43. The monoisotopic (exact) mass is 374 g/mol. The summed E-state index contributed by atoms with van der Waals surface area (Å²) in [6.07, 6.45) is 0. The van der Waals surface area contributed by atoms with Crippen LogP contribution in [0.3, 0.4) is 0 Å². The molecule has 8 heteroatoms. The van der Waals surface area contributed by atoms with Crippen molar-refractivity contribution in [2.24, 2.45) is 0 Å². The lowest BCUT2D eigenvalue weighted by molar-refractivity contribution is -0.126. The van der Waals surface area contributed by atoms with Gasteiger partial charge in [-0.3, -0.25) is 14.6 Å². The second kappa shape index (κ2) is 7.28. The minimum absolute atomic E-state index is 0.140. The molecule has 0 aromatic heterocycles. The third-order valence-electron chi connectivity index (χ3n) is 5.44. The molecule has 144 valence electrons. The van der Waals surface area contributed by atoms with E-state index in [9.17, 15) is 14.0 Å². The predicted molar refractivity (Wildman–Crippen MR) is 96.3 cm³/mol. The van der Waals surface area contributed by atoms with E-state index in [1.165, 1.54) is 11.0 Å². The summed E-state index contributed by atoms with van der Waals surface area (Å²) in [5.74, 6) is -0.572. The van der Waals surface area contributed by atoms with Crippen LogP contribution >= 0.6 is 0 Å². The van der Waals surface area contributed by atoms with Crippen LogP contribution in [0.2, 0.25) is 0 Å². The Morgan fingerprint density at radius 3 is 2.67 bits per heavy atom. The maximum atomic E-state index is 14.3. The summed E-state index contributed by atoms with van der Waals surface area (Å²) in [6.45, 7) is 4.81. The summed E-state index contributed by atoms with van der Waals surface area (Å²) in [7, 11) is 1.64. The van der Waals surface area contributed by atoms with E-state index in [2.05, 4.69) is 10.2 Å². The Labute approximate surface area is 157 Å². The van der Waals surface area contributed by atoms with Crippen molar-refractivity contribution < 1.29 is 18.7 Å². The van der Waals surface area contributed by atoms with E-state index in [1.807, 2.05) is 0 Å². The second-order valence-electron chi connectivity index (χ2n) is 7.00. The van der Waals surface area contributed by atoms with Gasteiger partial charge in [-0.15, -0.1) is 0 Å². The van der Waals surface area contributed by atoms with Gasteiger partial charge >= 0.3 is 6.03 Å². The van der Waals surface area contributed by atoms with E-state index in [0.717, 1.165) is 19.6 Å². The summed E-state index contributed by atoms with van der Waals surface area (Å²) < 4.78 is 19.7. The first-order chi connectivity index (χ1) is 13.1. The fourth-order valence-corrected chi connectivity index (χ4v) is 3.83. The summed E-state index contributed by atoms with van der Waals surface area (Å²) in [5, 5.41) is 2.77. The molecule has 3 heterocycles. The van der Waals surface area contributed by atoms with Crippen molar-refractivity contribution in [2.45, 2.75) is 6.04 Å². The molecule has 0 bridgehead atoms. The summed E-state index contributed by atoms with van der Waals surface area (Å²) in [4.78, 5) is 30.9. The number of urea groups is 1. The Balaban J connectivity index is 1.56. The topological polar surface area (TPSA) is 65.1 Å². The first-order valence-corrected chi connectivity index (χ1v) is 9.17. The number of morpholine rings is 1. The molecule has 7 nitrogen and oxygen atoms in total. The van der Waals surface area contributed by atoms with Crippen LogP contribution in [-0.4, -0.2) is 79.6 Å². The number of nitrogens with zero attached hydrogens (tertiary/aromatic N) is 3. The number of amides is 3. The molecule has 0 spiro atoms. The van der Waals surface area contributed by atoms with Crippen LogP contribution in [0.25, 0.3) is 0 Å². The zero-order chi connectivity index (χ0) is 19.0. The lowest BCUT2D eigenvalue weighted by Gasteiger charge is -2.31. The van der Waals surface area contributed by atoms with Crippen LogP contribution < -0.4 is 5.32 Å². The fourth-order valence-electron chi connectivity index (χ4n) is 3.83. The molecule has 0 saturated carbocycles. The van der Waals surface area contributed by atoms with Gasteiger partial charge in [0.15, 0.2) is 0 Å². The number of likely N-dealkylation sites (N-methyl/N-ethyl adjacent to an activating group) is 1. The smallest absolute Gasteiger partial charge is 0.322 e. The number of halogens is 1. The molecule has 1 aromatic rings. The van der Waals surface area contributed by atoms with Crippen molar-refractivity contribution in [3.05, 3.63) is 46.9 Å². The van der Waals surface area contributed by atoms with Crippen molar-refractivity contribution >= 4 is 11.9 Å². The van der Waals surface area contributed by atoms with Gasteiger partial charge in [-0.2, -0.15) is 0 Å². The van der Waals surface area contributed by atoms with E-state index >= 15 is 0 Å². The SMILES string of the molecule is CN1C(=O)NC(c2ccccc2F)C2=C1CN(CCN1CCOCC1)C2=O. The van der Waals surface area contributed by atoms with E-state index in [4.69, 9.17) is 4.74 Å². The Hall–Kier alpha value is -2.45. The van der Waals surface area contributed by atoms with Crippen LogP contribution in [0.4, 0.5) is 9.18 Å². The third-order valence-corrected chi connectivity index (χ3v) is 5.44. The molecule has 1 fully saturated rings. The van der Waals surface area contributed by atoms with Gasteiger partial charge in [0.05, 0.1) is 37.1 Å². The van der Waals surface area contributed by atoms with Crippen LogP contribution in [0.15, 0.2) is 35.5 Å². The Morgan fingerprint density at radius 1 is 1.19 bits per heavy atom. The van der Waals surface area contributed by atoms with Crippen molar-refractivity contribution in [1.82, 2.24) is 20.0 Å². The number of benzene rings is 1. The lowest BCUT2D eigenvalue weighted by atomic mass is 9.95. The molecule has 4 rings (SSSR count).